The van der Waals surface area contributed by atoms with Crippen molar-refractivity contribution in [1.82, 2.24) is 9.55 Å². The first-order valence-corrected chi connectivity index (χ1v) is 6.72. The molecule has 0 aliphatic carbocycles. The van der Waals surface area contributed by atoms with Gasteiger partial charge in [0.2, 0.25) is 0 Å². The molecule has 18 heavy (non-hydrogen) atoms. The molecular formula is C15H23N3. The lowest BCUT2D eigenvalue weighted by atomic mass is 10.1. The fourth-order valence-electron chi connectivity index (χ4n) is 2.47. The highest BCUT2D eigenvalue weighted by Crippen LogP contribution is 2.22. The minimum atomic E-state index is 0.260. The van der Waals surface area contributed by atoms with Crippen molar-refractivity contribution in [2.24, 2.45) is 5.73 Å². The van der Waals surface area contributed by atoms with E-state index in [1.807, 2.05) is 0 Å². The molecule has 1 aromatic carbocycles. The molecule has 2 rings (SSSR count). The monoisotopic (exact) mass is 245 g/mol. The largest absolute Gasteiger partial charge is 0.328 e. The number of aryl methyl sites for hydroxylation is 2. The lowest BCUT2D eigenvalue weighted by Gasteiger charge is -2.11. The third-order valence-electron chi connectivity index (χ3n) is 3.34. The molecule has 98 valence electrons. The van der Waals surface area contributed by atoms with E-state index in [-0.39, 0.29) is 6.04 Å². The third kappa shape index (κ3) is 2.56. The van der Waals surface area contributed by atoms with E-state index in [9.17, 15) is 0 Å². The number of fused-ring (bicyclic) bond motifs is 1. The Labute approximate surface area is 109 Å². The maximum Gasteiger partial charge on any atom is 0.106 e. The van der Waals surface area contributed by atoms with Crippen LogP contribution in [0.4, 0.5) is 0 Å². The highest BCUT2D eigenvalue weighted by atomic mass is 15.1. The van der Waals surface area contributed by atoms with Gasteiger partial charge in [-0.25, -0.2) is 4.98 Å². The van der Waals surface area contributed by atoms with E-state index < -0.39 is 0 Å². The predicted molar refractivity (Wildman–Crippen MR) is 76.8 cm³/mol. The third-order valence-corrected chi connectivity index (χ3v) is 3.34. The van der Waals surface area contributed by atoms with E-state index in [0.717, 1.165) is 24.2 Å². The summed E-state index contributed by atoms with van der Waals surface area (Å²) in [5, 5.41) is 0. The first kappa shape index (κ1) is 13.1. The number of hydrogen-bond donors (Lipinski definition) is 1. The Morgan fingerprint density at radius 3 is 2.61 bits per heavy atom. The summed E-state index contributed by atoms with van der Waals surface area (Å²) in [5.41, 5.74) is 9.46. The molecule has 1 heterocycles. The van der Waals surface area contributed by atoms with Crippen LogP contribution in [0.2, 0.25) is 0 Å². The number of nitrogens with two attached hydrogens (primary N) is 1. The molecule has 2 N–H and O–H groups in total. The van der Waals surface area contributed by atoms with Crippen molar-refractivity contribution in [1.29, 1.82) is 0 Å². The molecule has 0 saturated heterocycles. The Hall–Kier alpha value is -1.35. The van der Waals surface area contributed by atoms with Gasteiger partial charge in [0.25, 0.3) is 0 Å². The summed E-state index contributed by atoms with van der Waals surface area (Å²) in [6.45, 7) is 8.51. The minimum absolute atomic E-state index is 0.260. The van der Waals surface area contributed by atoms with E-state index in [2.05, 4.69) is 55.4 Å². The smallest absolute Gasteiger partial charge is 0.106 e. The van der Waals surface area contributed by atoms with Crippen molar-refractivity contribution in [2.45, 2.75) is 52.6 Å². The van der Waals surface area contributed by atoms with Gasteiger partial charge < -0.3 is 10.3 Å². The van der Waals surface area contributed by atoms with Crippen molar-refractivity contribution in [3.8, 4) is 0 Å². The van der Waals surface area contributed by atoms with Crippen LogP contribution in [0, 0.1) is 6.92 Å². The van der Waals surface area contributed by atoms with E-state index in [4.69, 9.17) is 5.73 Å². The zero-order chi connectivity index (χ0) is 13.3. The molecule has 0 radical (unpaired) electrons. The molecule has 0 spiro atoms. The molecule has 1 aromatic heterocycles. The van der Waals surface area contributed by atoms with E-state index in [0.29, 0.717) is 6.04 Å². The van der Waals surface area contributed by atoms with Crippen LogP contribution in [0.15, 0.2) is 18.2 Å². The van der Waals surface area contributed by atoms with E-state index in [1.165, 1.54) is 11.1 Å². The van der Waals surface area contributed by atoms with Crippen molar-refractivity contribution in [3.05, 3.63) is 29.6 Å². The molecule has 2 aromatic rings. The molecule has 0 aliphatic heterocycles. The first-order chi connectivity index (χ1) is 8.49. The molecule has 0 fully saturated rings. The number of benzene rings is 1. The molecule has 3 nitrogen and oxygen atoms in total. The topological polar surface area (TPSA) is 43.8 Å². The van der Waals surface area contributed by atoms with E-state index in [1.54, 1.807) is 0 Å². The van der Waals surface area contributed by atoms with Crippen LogP contribution in [0.5, 0.6) is 0 Å². The minimum Gasteiger partial charge on any atom is -0.328 e. The lowest BCUT2D eigenvalue weighted by molar-refractivity contribution is 0.600. The molecule has 1 atom stereocenters. The molecular weight excluding hydrogens is 222 g/mol. The van der Waals surface area contributed by atoms with Gasteiger partial charge >= 0.3 is 0 Å². The van der Waals surface area contributed by atoms with E-state index >= 15 is 0 Å². The molecule has 0 amide bonds. The summed E-state index contributed by atoms with van der Waals surface area (Å²) in [5.74, 6) is 1.09. The Morgan fingerprint density at radius 2 is 2.00 bits per heavy atom. The molecule has 0 saturated carbocycles. The van der Waals surface area contributed by atoms with Gasteiger partial charge in [-0.15, -0.1) is 0 Å². The van der Waals surface area contributed by atoms with Gasteiger partial charge in [-0.05, 0) is 58.2 Å². The van der Waals surface area contributed by atoms with Crippen LogP contribution in [0.25, 0.3) is 11.0 Å². The lowest BCUT2D eigenvalue weighted by Crippen LogP contribution is -2.15. The highest BCUT2D eigenvalue weighted by molar-refractivity contribution is 5.77. The van der Waals surface area contributed by atoms with Gasteiger partial charge in [0.1, 0.15) is 5.82 Å². The summed E-state index contributed by atoms with van der Waals surface area (Å²) < 4.78 is 2.28. The Kier molecular flexibility index (Phi) is 3.71. The zero-order valence-electron chi connectivity index (χ0n) is 11.8. The molecule has 0 bridgehead atoms. The van der Waals surface area contributed by atoms with Gasteiger partial charge in [0.15, 0.2) is 0 Å². The maximum atomic E-state index is 5.80. The van der Waals surface area contributed by atoms with Gasteiger partial charge in [-0.2, -0.15) is 0 Å². The zero-order valence-corrected chi connectivity index (χ0v) is 11.8. The standard InChI is InChI=1S/C15H23N3/c1-10(2)18-12(4)17-14-9-13(6-5-11(3)16)7-8-15(14)18/h7-11H,5-6,16H2,1-4H3. The van der Waals surface area contributed by atoms with Crippen LogP contribution in [0.1, 0.15) is 44.6 Å². The average Bonchev–Trinajstić information content (AvgIpc) is 2.61. The fraction of sp³-hybridized carbons (Fsp3) is 0.533. The Bertz CT molecular complexity index is 538. The molecule has 0 aliphatic rings. The summed E-state index contributed by atoms with van der Waals surface area (Å²) in [6.07, 6.45) is 2.05. The summed E-state index contributed by atoms with van der Waals surface area (Å²) in [4.78, 5) is 4.65. The van der Waals surface area contributed by atoms with Crippen LogP contribution in [-0.2, 0) is 6.42 Å². The van der Waals surface area contributed by atoms with Crippen molar-refractivity contribution in [2.75, 3.05) is 0 Å². The number of imidazole rings is 1. The predicted octanol–water partition coefficient (Wildman–Crippen LogP) is 3.21. The number of nitrogens with zero attached hydrogens (tertiary/aromatic N) is 2. The summed E-state index contributed by atoms with van der Waals surface area (Å²) >= 11 is 0. The second-order valence-electron chi connectivity index (χ2n) is 5.46. The summed E-state index contributed by atoms with van der Waals surface area (Å²) in [6, 6.07) is 7.29. The normalized spacial score (nSPS) is 13.4. The summed E-state index contributed by atoms with van der Waals surface area (Å²) in [7, 11) is 0. The highest BCUT2D eigenvalue weighted by Gasteiger charge is 2.10. The van der Waals surface area contributed by atoms with Crippen molar-refractivity contribution < 1.29 is 0 Å². The first-order valence-electron chi connectivity index (χ1n) is 6.72. The van der Waals surface area contributed by atoms with Gasteiger partial charge in [-0.3, -0.25) is 0 Å². The van der Waals surface area contributed by atoms with Crippen molar-refractivity contribution >= 4 is 11.0 Å². The molecule has 1 unspecified atom stereocenters. The van der Waals surface area contributed by atoms with Crippen LogP contribution >= 0.6 is 0 Å². The van der Waals surface area contributed by atoms with Crippen LogP contribution < -0.4 is 5.73 Å². The maximum absolute atomic E-state index is 5.80. The van der Waals surface area contributed by atoms with Gasteiger partial charge in [0, 0.05) is 12.1 Å². The number of hydrogen-bond acceptors (Lipinski definition) is 2. The second kappa shape index (κ2) is 5.11. The number of rotatable bonds is 4. The Morgan fingerprint density at radius 1 is 1.28 bits per heavy atom. The molecule has 3 heteroatoms. The van der Waals surface area contributed by atoms with Crippen molar-refractivity contribution in [3.63, 3.8) is 0 Å². The average molecular weight is 245 g/mol. The quantitative estimate of drug-likeness (QED) is 0.899. The fourth-order valence-corrected chi connectivity index (χ4v) is 2.47. The second-order valence-corrected chi connectivity index (χ2v) is 5.46. The van der Waals surface area contributed by atoms with Gasteiger partial charge in [-0.1, -0.05) is 6.07 Å². The number of aromatic nitrogens is 2. The van der Waals surface area contributed by atoms with Gasteiger partial charge in [0.05, 0.1) is 11.0 Å². The Balaban J connectivity index is 2.35. The van der Waals surface area contributed by atoms with Crippen LogP contribution in [-0.4, -0.2) is 15.6 Å². The van der Waals surface area contributed by atoms with Crippen LogP contribution in [0.3, 0.4) is 0 Å². The SMILES string of the molecule is Cc1nc2cc(CCC(C)N)ccc2n1C(C)C.